The minimum Gasteiger partial charge on any atom is -0.302 e. The van der Waals surface area contributed by atoms with Crippen molar-refractivity contribution in [2.75, 3.05) is 10.0 Å². The van der Waals surface area contributed by atoms with Crippen molar-refractivity contribution >= 4 is 59.1 Å². The van der Waals surface area contributed by atoms with E-state index in [0.717, 1.165) is 39.2 Å². The highest BCUT2D eigenvalue weighted by Crippen LogP contribution is 2.28. The van der Waals surface area contributed by atoms with E-state index < -0.39 is 15.8 Å². The van der Waals surface area contributed by atoms with Crippen molar-refractivity contribution in [1.29, 1.82) is 0 Å². The molecule has 7 nitrogen and oxygen atoms in total. The minimum atomic E-state index is -3.86. The van der Waals surface area contributed by atoms with Crippen molar-refractivity contribution in [3.63, 3.8) is 0 Å². The Morgan fingerprint density at radius 3 is 2.61 bits per heavy atom. The maximum Gasteiger partial charge on any atom is 0.263 e. The van der Waals surface area contributed by atoms with Gasteiger partial charge in [0.15, 0.2) is 10.3 Å². The van der Waals surface area contributed by atoms with Crippen molar-refractivity contribution in [2.45, 2.75) is 24.7 Å². The summed E-state index contributed by atoms with van der Waals surface area (Å²) in [5, 5.41) is 5.22. The van der Waals surface area contributed by atoms with Crippen molar-refractivity contribution < 1.29 is 17.6 Å². The third-order valence-electron chi connectivity index (χ3n) is 4.37. The summed E-state index contributed by atoms with van der Waals surface area (Å²) in [5.74, 6) is -0.715. The number of thiazole rings is 2. The van der Waals surface area contributed by atoms with Gasteiger partial charge in [-0.3, -0.25) is 9.52 Å². The summed E-state index contributed by atoms with van der Waals surface area (Å²) in [6, 6.07) is 10.4. The first-order valence-electron chi connectivity index (χ1n) is 9.19. The summed E-state index contributed by atoms with van der Waals surface area (Å²) >= 11 is 2.53. The lowest BCUT2D eigenvalue weighted by molar-refractivity contribution is -0.116. The zero-order chi connectivity index (χ0) is 22.0. The molecule has 0 saturated heterocycles. The molecule has 4 rings (SSSR count). The standard InChI is InChI=1S/C20H17FN4O3S3/c1-12-3-2-4-16-18(12)24-19(30-16)23-17(26)10-7-14-11-29-20(22-14)25-31(27,28)15-8-5-13(21)6-9-15/h2-6,8-9,11H,7,10H2,1H3,(H,22,25)(H,23,24,26). The molecule has 2 N–H and O–H groups in total. The van der Waals surface area contributed by atoms with Crippen LogP contribution in [0.2, 0.25) is 0 Å². The number of carbonyl (C=O) groups excluding carboxylic acids is 1. The fourth-order valence-corrected chi connectivity index (χ4v) is 5.78. The van der Waals surface area contributed by atoms with Gasteiger partial charge in [0.05, 0.1) is 20.8 Å². The lowest BCUT2D eigenvalue weighted by atomic mass is 10.2. The summed E-state index contributed by atoms with van der Waals surface area (Å²) in [6.45, 7) is 1.97. The number of carbonyl (C=O) groups is 1. The van der Waals surface area contributed by atoms with Gasteiger partial charge in [0, 0.05) is 11.8 Å². The maximum absolute atomic E-state index is 13.0. The van der Waals surface area contributed by atoms with Crippen LogP contribution in [0.25, 0.3) is 10.2 Å². The quantitative estimate of drug-likeness (QED) is 0.407. The van der Waals surface area contributed by atoms with Gasteiger partial charge in [-0.05, 0) is 49.2 Å². The van der Waals surface area contributed by atoms with Gasteiger partial charge in [-0.25, -0.2) is 22.8 Å². The number of amides is 1. The largest absolute Gasteiger partial charge is 0.302 e. The number of hydrogen-bond donors (Lipinski definition) is 2. The summed E-state index contributed by atoms with van der Waals surface area (Å²) in [4.78, 5) is 20.9. The van der Waals surface area contributed by atoms with E-state index in [4.69, 9.17) is 0 Å². The Balaban J connectivity index is 1.34. The molecule has 2 heterocycles. The first-order chi connectivity index (χ1) is 14.8. The van der Waals surface area contributed by atoms with Crippen molar-refractivity contribution in [1.82, 2.24) is 9.97 Å². The van der Waals surface area contributed by atoms with E-state index in [0.29, 0.717) is 17.2 Å². The summed E-state index contributed by atoms with van der Waals surface area (Å²) in [7, 11) is -3.86. The van der Waals surface area contributed by atoms with E-state index >= 15 is 0 Å². The van der Waals surface area contributed by atoms with E-state index in [9.17, 15) is 17.6 Å². The Morgan fingerprint density at radius 2 is 1.87 bits per heavy atom. The summed E-state index contributed by atoms with van der Waals surface area (Å²) < 4.78 is 41.1. The van der Waals surface area contributed by atoms with Crippen LogP contribution in [0.15, 0.2) is 52.7 Å². The van der Waals surface area contributed by atoms with Crippen LogP contribution in [0, 0.1) is 12.7 Å². The monoisotopic (exact) mass is 476 g/mol. The van der Waals surface area contributed by atoms with Gasteiger partial charge in [-0.15, -0.1) is 11.3 Å². The molecular formula is C20H17FN4O3S3. The molecule has 0 radical (unpaired) electrons. The van der Waals surface area contributed by atoms with Crippen LogP contribution < -0.4 is 10.0 Å². The molecule has 0 aliphatic heterocycles. The van der Waals surface area contributed by atoms with Crippen LogP contribution in [-0.4, -0.2) is 24.3 Å². The number of aromatic nitrogens is 2. The number of aryl methyl sites for hydroxylation is 2. The van der Waals surface area contributed by atoms with Gasteiger partial charge in [0.25, 0.3) is 10.0 Å². The van der Waals surface area contributed by atoms with E-state index in [1.807, 2.05) is 25.1 Å². The van der Waals surface area contributed by atoms with Gasteiger partial charge in [-0.2, -0.15) is 0 Å². The molecule has 2 aromatic carbocycles. The number of nitrogens with one attached hydrogen (secondary N) is 2. The number of halogens is 1. The fourth-order valence-electron chi connectivity index (χ4n) is 2.82. The third-order valence-corrected chi connectivity index (χ3v) is 7.60. The second kappa shape index (κ2) is 8.69. The van der Waals surface area contributed by atoms with Gasteiger partial charge in [0.1, 0.15) is 5.82 Å². The SMILES string of the molecule is Cc1cccc2sc(NC(=O)CCc3csc(NS(=O)(=O)c4ccc(F)cc4)n3)nc12. The van der Waals surface area contributed by atoms with Gasteiger partial charge in [-0.1, -0.05) is 23.5 Å². The van der Waals surface area contributed by atoms with Gasteiger partial charge in [0.2, 0.25) is 5.91 Å². The zero-order valence-electron chi connectivity index (χ0n) is 16.3. The summed E-state index contributed by atoms with van der Waals surface area (Å²) in [6.07, 6.45) is 0.535. The Hall–Kier alpha value is -2.89. The van der Waals surface area contributed by atoms with Crippen LogP contribution in [0.4, 0.5) is 14.7 Å². The van der Waals surface area contributed by atoms with E-state index in [-0.39, 0.29) is 22.4 Å². The molecule has 2 aromatic heterocycles. The predicted molar refractivity (Wildman–Crippen MR) is 121 cm³/mol. The molecule has 0 bridgehead atoms. The second-order valence-corrected chi connectivity index (χ2v) is 10.3. The smallest absolute Gasteiger partial charge is 0.263 e. The zero-order valence-corrected chi connectivity index (χ0v) is 18.7. The second-order valence-electron chi connectivity index (χ2n) is 6.69. The number of hydrogen-bond acceptors (Lipinski definition) is 7. The Labute approximate surface area is 186 Å². The molecule has 0 atom stereocenters. The Kier molecular flexibility index (Phi) is 5.99. The number of nitrogens with zero attached hydrogens (tertiary/aromatic N) is 2. The number of rotatable bonds is 7. The van der Waals surface area contributed by atoms with Crippen LogP contribution in [0.5, 0.6) is 0 Å². The Bertz CT molecular complexity index is 1350. The number of anilines is 2. The van der Waals surface area contributed by atoms with Crippen molar-refractivity contribution in [2.24, 2.45) is 0 Å². The molecule has 0 spiro atoms. The van der Waals surface area contributed by atoms with Crippen LogP contribution in [0.1, 0.15) is 17.7 Å². The van der Waals surface area contributed by atoms with E-state index in [1.54, 1.807) is 5.38 Å². The van der Waals surface area contributed by atoms with Crippen LogP contribution >= 0.6 is 22.7 Å². The first kappa shape index (κ1) is 21.3. The molecule has 0 aliphatic rings. The Morgan fingerprint density at radius 1 is 1.10 bits per heavy atom. The average molecular weight is 477 g/mol. The summed E-state index contributed by atoms with van der Waals surface area (Å²) in [5.41, 5.74) is 2.52. The van der Waals surface area contributed by atoms with Crippen molar-refractivity contribution in [3.8, 4) is 0 Å². The maximum atomic E-state index is 13.0. The van der Waals surface area contributed by atoms with E-state index in [2.05, 4.69) is 20.0 Å². The highest BCUT2D eigenvalue weighted by molar-refractivity contribution is 7.93. The normalized spacial score (nSPS) is 11.5. The minimum absolute atomic E-state index is 0.0592. The van der Waals surface area contributed by atoms with Crippen LogP contribution in [-0.2, 0) is 21.2 Å². The topological polar surface area (TPSA) is 101 Å². The highest BCUT2D eigenvalue weighted by atomic mass is 32.2. The van der Waals surface area contributed by atoms with E-state index in [1.165, 1.54) is 23.5 Å². The fraction of sp³-hybridized carbons (Fsp3) is 0.150. The predicted octanol–water partition coefficient (Wildman–Crippen LogP) is 4.57. The van der Waals surface area contributed by atoms with Crippen LogP contribution in [0.3, 0.4) is 0 Å². The molecule has 0 unspecified atom stereocenters. The average Bonchev–Trinajstić information content (AvgIpc) is 3.33. The highest BCUT2D eigenvalue weighted by Gasteiger charge is 2.17. The molecule has 1 amide bonds. The molecule has 0 saturated carbocycles. The number of benzene rings is 2. The molecule has 31 heavy (non-hydrogen) atoms. The molecule has 0 aliphatic carbocycles. The number of fused-ring (bicyclic) bond motifs is 1. The number of para-hydroxylation sites is 1. The molecule has 160 valence electrons. The van der Waals surface area contributed by atoms with Crippen molar-refractivity contribution in [3.05, 3.63) is 64.9 Å². The molecule has 4 aromatic rings. The lowest BCUT2D eigenvalue weighted by Gasteiger charge is -2.04. The lowest BCUT2D eigenvalue weighted by Crippen LogP contribution is -2.13. The number of sulfonamides is 1. The molecule has 0 fully saturated rings. The third kappa shape index (κ3) is 5.06. The van der Waals surface area contributed by atoms with Gasteiger partial charge >= 0.3 is 0 Å². The first-order valence-corrected chi connectivity index (χ1v) is 12.4. The van der Waals surface area contributed by atoms with Gasteiger partial charge < -0.3 is 5.32 Å². The molecule has 11 heteroatoms. The molecular weight excluding hydrogens is 459 g/mol.